The van der Waals surface area contributed by atoms with E-state index in [-0.39, 0.29) is 17.2 Å². The molecule has 2 aliphatic heterocycles. The lowest BCUT2D eigenvalue weighted by Gasteiger charge is -2.34. The molecular weight excluding hydrogens is 617 g/mol. The minimum atomic E-state index is -4.62. The van der Waals surface area contributed by atoms with Crippen molar-refractivity contribution in [3.63, 3.8) is 0 Å². The van der Waals surface area contributed by atoms with Gasteiger partial charge in [-0.25, -0.2) is 5.43 Å². The Bertz CT molecular complexity index is 1520. The maximum atomic E-state index is 13.6. The highest BCUT2D eigenvalue weighted by atomic mass is 19.4. The van der Waals surface area contributed by atoms with Crippen LogP contribution in [0.25, 0.3) is 11.8 Å². The Labute approximate surface area is 284 Å². The smallest absolute Gasteiger partial charge is 0.345 e. The van der Waals surface area contributed by atoms with Crippen LogP contribution in [0.2, 0.25) is 0 Å². The van der Waals surface area contributed by atoms with E-state index in [4.69, 9.17) is 0 Å². The van der Waals surface area contributed by atoms with Crippen LogP contribution in [0.15, 0.2) is 58.2 Å². The molecule has 11 heteroatoms. The van der Waals surface area contributed by atoms with E-state index in [0.717, 1.165) is 56.5 Å². The van der Waals surface area contributed by atoms with Crippen molar-refractivity contribution in [1.82, 2.24) is 24.8 Å². The second-order valence-electron chi connectivity index (χ2n) is 11.6. The fourth-order valence-corrected chi connectivity index (χ4v) is 6.12. The van der Waals surface area contributed by atoms with Crippen LogP contribution in [-0.2, 0) is 4.79 Å². The molecule has 0 bridgehead atoms. The maximum Gasteiger partial charge on any atom is 0.409 e. The third-order valence-corrected chi connectivity index (χ3v) is 8.36. The van der Waals surface area contributed by atoms with Crippen LogP contribution in [0.5, 0.6) is 0 Å². The van der Waals surface area contributed by atoms with Gasteiger partial charge in [0.2, 0.25) is 5.91 Å². The molecule has 0 radical (unpaired) electrons. The number of halogens is 3. The molecule has 1 saturated heterocycles. The number of anilines is 1. The highest BCUT2D eigenvalue weighted by molar-refractivity contribution is 5.93. The number of hydrogen-bond acceptors (Lipinski definition) is 6. The average molecular weight is 673 g/mol. The first-order valence-corrected chi connectivity index (χ1v) is 17.2. The molecule has 4 heterocycles. The van der Waals surface area contributed by atoms with Gasteiger partial charge >= 0.3 is 6.18 Å². The van der Waals surface area contributed by atoms with E-state index in [1.54, 1.807) is 31.3 Å². The van der Waals surface area contributed by atoms with Gasteiger partial charge in [0.05, 0.1) is 16.9 Å². The zero-order valence-corrected chi connectivity index (χ0v) is 30.4. The largest absolute Gasteiger partial charge is 0.409 e. The standard InChI is InChI=1S/C31H37F3N6O2.3C2H6/c1-19(18-39-14-10-22(11-15-39)21-5-7-23(8-6-21)29(41)38(3)4)17-24-20(2)35-13-9-26(24)40-16-12-25-27(30(40)42)28(37-36-25)31(32,33)34;3*1-2/h5,7,9,12-13,16-17,22,28,36-37H,6,8,10-11,14-15,18H2,1-4H3;3*1-2H3/b19-17+;;;. The SMILES string of the molecule is C/C(=C\c1c(-n2ccc3c(c2=O)C(C(F)(F)F)NN3)ccnc1C)CN1CCC(C2=CC=C(C(=O)N(C)C)CC2)CC1.CC.CC.CC. The molecule has 1 aliphatic carbocycles. The number of likely N-dealkylation sites (tertiary alicyclic amines) is 1. The summed E-state index contributed by atoms with van der Waals surface area (Å²) in [6, 6.07) is 1.06. The second kappa shape index (κ2) is 18.7. The number of hydrazine groups is 1. The number of aromatic nitrogens is 2. The Morgan fingerprint density at radius 2 is 1.69 bits per heavy atom. The van der Waals surface area contributed by atoms with Crippen LogP contribution in [0.4, 0.5) is 18.9 Å². The Morgan fingerprint density at radius 3 is 2.25 bits per heavy atom. The van der Waals surface area contributed by atoms with Gasteiger partial charge in [-0.2, -0.15) is 13.2 Å². The van der Waals surface area contributed by atoms with Gasteiger partial charge in [0.15, 0.2) is 6.04 Å². The molecule has 0 spiro atoms. The van der Waals surface area contributed by atoms with Gasteiger partial charge in [0, 0.05) is 49.9 Å². The van der Waals surface area contributed by atoms with Gasteiger partial charge in [0.1, 0.15) is 0 Å². The zero-order valence-electron chi connectivity index (χ0n) is 30.4. The topological polar surface area (TPSA) is 82.5 Å². The summed E-state index contributed by atoms with van der Waals surface area (Å²) in [5.74, 6) is 0.594. The fourth-order valence-electron chi connectivity index (χ4n) is 6.12. The van der Waals surface area contributed by atoms with Gasteiger partial charge in [-0.15, -0.1) is 0 Å². The summed E-state index contributed by atoms with van der Waals surface area (Å²) < 4.78 is 42.1. The summed E-state index contributed by atoms with van der Waals surface area (Å²) >= 11 is 0. The second-order valence-corrected chi connectivity index (χ2v) is 11.6. The average Bonchev–Trinajstić information content (AvgIpc) is 3.55. The molecular formula is C37H55F3N6O2. The molecule has 1 amide bonds. The lowest BCUT2D eigenvalue weighted by Crippen LogP contribution is -2.35. The molecule has 3 aliphatic rings. The Morgan fingerprint density at radius 1 is 1.04 bits per heavy atom. The first-order valence-electron chi connectivity index (χ1n) is 17.2. The van der Waals surface area contributed by atoms with Crippen LogP contribution >= 0.6 is 0 Å². The lowest BCUT2D eigenvalue weighted by atomic mass is 9.83. The zero-order chi connectivity index (χ0) is 36.2. The highest BCUT2D eigenvalue weighted by Crippen LogP contribution is 2.38. The number of carbonyl (C=O) groups is 1. The first-order chi connectivity index (χ1) is 22.9. The third-order valence-electron chi connectivity index (χ3n) is 8.36. The number of alkyl halides is 3. The van der Waals surface area contributed by atoms with E-state index in [1.807, 2.05) is 67.5 Å². The van der Waals surface area contributed by atoms with Gasteiger partial charge in [-0.1, -0.05) is 70.9 Å². The molecule has 0 aromatic carbocycles. The van der Waals surface area contributed by atoms with Crippen LogP contribution in [0.3, 0.4) is 0 Å². The number of allylic oxidation sites excluding steroid dienone is 3. The third kappa shape index (κ3) is 9.69. The van der Waals surface area contributed by atoms with Crippen molar-refractivity contribution in [2.75, 3.05) is 39.2 Å². The van der Waals surface area contributed by atoms with Gasteiger partial charge in [0.25, 0.3) is 5.56 Å². The van der Waals surface area contributed by atoms with Gasteiger partial charge < -0.3 is 10.3 Å². The normalized spacial score (nSPS) is 17.9. The molecule has 0 saturated carbocycles. The number of pyridine rings is 2. The molecule has 48 heavy (non-hydrogen) atoms. The van der Waals surface area contributed by atoms with E-state index in [2.05, 4.69) is 26.8 Å². The Hall–Kier alpha value is -3.70. The van der Waals surface area contributed by atoms with Crippen molar-refractivity contribution in [1.29, 1.82) is 0 Å². The summed E-state index contributed by atoms with van der Waals surface area (Å²) in [7, 11) is 3.56. The fraction of sp³-hybridized carbons (Fsp3) is 0.541. The number of amides is 1. The van der Waals surface area contributed by atoms with E-state index in [1.165, 1.54) is 22.4 Å². The number of nitrogens with zero attached hydrogens (tertiary/aromatic N) is 4. The predicted molar refractivity (Wildman–Crippen MR) is 191 cm³/mol. The molecule has 1 unspecified atom stereocenters. The number of aryl methyl sites for hydroxylation is 1. The van der Waals surface area contributed by atoms with Crippen LogP contribution in [-0.4, -0.2) is 65.2 Å². The molecule has 8 nitrogen and oxygen atoms in total. The molecule has 266 valence electrons. The number of likely N-dealkylation sites (N-methyl/N-ethyl adjacent to an activating group) is 1. The Balaban J connectivity index is 0.00000126. The van der Waals surface area contributed by atoms with E-state index < -0.39 is 17.8 Å². The molecule has 2 N–H and O–H groups in total. The van der Waals surface area contributed by atoms with Crippen molar-refractivity contribution in [2.45, 2.75) is 93.3 Å². The lowest BCUT2D eigenvalue weighted by molar-refractivity contribution is -0.154. The van der Waals surface area contributed by atoms with E-state index >= 15 is 0 Å². The quantitative estimate of drug-likeness (QED) is 0.324. The number of nitrogens with one attached hydrogen (secondary N) is 2. The molecule has 1 fully saturated rings. The molecule has 1 atom stereocenters. The van der Waals surface area contributed by atoms with Crippen molar-refractivity contribution < 1.29 is 18.0 Å². The Kier molecular flexibility index (Phi) is 15.8. The van der Waals surface area contributed by atoms with Crippen LogP contribution < -0.4 is 16.4 Å². The van der Waals surface area contributed by atoms with Crippen LogP contribution in [0.1, 0.15) is 97.0 Å². The molecule has 2 aromatic heterocycles. The summed E-state index contributed by atoms with van der Waals surface area (Å²) in [6.45, 7) is 18.5. The number of hydrogen-bond donors (Lipinski definition) is 2. The summed E-state index contributed by atoms with van der Waals surface area (Å²) in [4.78, 5) is 34.0. The molecule has 2 aromatic rings. The van der Waals surface area contributed by atoms with Crippen molar-refractivity contribution in [3.05, 3.63) is 80.6 Å². The van der Waals surface area contributed by atoms with Crippen molar-refractivity contribution >= 4 is 17.7 Å². The highest BCUT2D eigenvalue weighted by Gasteiger charge is 2.46. The number of rotatable bonds is 6. The summed E-state index contributed by atoms with van der Waals surface area (Å²) in [5.41, 5.74) is 8.95. The van der Waals surface area contributed by atoms with E-state index in [9.17, 15) is 22.8 Å². The number of piperidine rings is 1. The maximum absolute atomic E-state index is 13.6. The van der Waals surface area contributed by atoms with E-state index in [0.29, 0.717) is 22.9 Å². The van der Waals surface area contributed by atoms with Crippen LogP contribution in [0, 0.1) is 12.8 Å². The molecule has 5 rings (SSSR count). The van der Waals surface area contributed by atoms with Gasteiger partial charge in [-0.3, -0.25) is 24.0 Å². The monoisotopic (exact) mass is 672 g/mol. The number of fused-ring (bicyclic) bond motifs is 1. The van der Waals surface area contributed by atoms with Crippen molar-refractivity contribution in [3.8, 4) is 5.69 Å². The minimum Gasteiger partial charge on any atom is -0.345 e. The van der Waals surface area contributed by atoms with Crippen molar-refractivity contribution in [2.24, 2.45) is 5.92 Å². The number of carbonyl (C=O) groups excluding carboxylic acids is 1. The van der Waals surface area contributed by atoms with Gasteiger partial charge in [-0.05, 0) is 70.7 Å². The summed E-state index contributed by atoms with van der Waals surface area (Å²) in [5, 5.41) is 0. The minimum absolute atomic E-state index is 0.0787. The predicted octanol–water partition coefficient (Wildman–Crippen LogP) is 8.00. The first kappa shape index (κ1) is 40.5. The summed E-state index contributed by atoms with van der Waals surface area (Å²) in [6.07, 6.45) is 8.37.